The normalized spacial score (nSPS) is 14.7. The summed E-state index contributed by atoms with van der Waals surface area (Å²) in [5, 5.41) is -0.184. The Morgan fingerprint density at radius 2 is 2.05 bits per heavy atom. The molecule has 2 nitrogen and oxygen atoms in total. The minimum Gasteiger partial charge on any atom is -0.324 e. The Bertz CT molecular complexity index is 604. The molecule has 0 spiro atoms. The van der Waals surface area contributed by atoms with Gasteiger partial charge in [-0.2, -0.15) is 0 Å². The van der Waals surface area contributed by atoms with Gasteiger partial charge in [0.05, 0.1) is 16.4 Å². The molecule has 1 heterocycles. The number of rotatable bonds is 5. The molecule has 20 heavy (non-hydrogen) atoms. The van der Waals surface area contributed by atoms with E-state index in [9.17, 15) is 4.39 Å². The van der Waals surface area contributed by atoms with Crippen molar-refractivity contribution in [2.75, 3.05) is 0 Å². The smallest absolute Gasteiger partial charge is 0.128 e. The van der Waals surface area contributed by atoms with Crippen molar-refractivity contribution in [1.29, 1.82) is 0 Å². The maximum atomic E-state index is 13.7. The summed E-state index contributed by atoms with van der Waals surface area (Å²) in [5.74, 6) is 0.631. The first kappa shape index (κ1) is 15.3. The standard InChI is InChI=1S/C16H22ClFN2/c1-5-7-12(6-2)20-15-8-10(3)13(18)9-14(15)19-16(20)11(4)17/h8-9,11-12H,5-7H2,1-4H3. The molecule has 4 heteroatoms. The second kappa shape index (κ2) is 6.13. The quantitative estimate of drug-likeness (QED) is 0.663. The number of hydrogen-bond donors (Lipinski definition) is 0. The zero-order valence-corrected chi connectivity index (χ0v) is 13.3. The van der Waals surface area contributed by atoms with Gasteiger partial charge in [0.1, 0.15) is 11.6 Å². The Morgan fingerprint density at radius 3 is 2.60 bits per heavy atom. The topological polar surface area (TPSA) is 17.8 Å². The van der Waals surface area contributed by atoms with Crippen LogP contribution in [0.15, 0.2) is 12.1 Å². The van der Waals surface area contributed by atoms with Gasteiger partial charge in [-0.15, -0.1) is 11.6 Å². The number of halogens is 2. The Balaban J connectivity index is 2.70. The summed E-state index contributed by atoms with van der Waals surface area (Å²) in [4.78, 5) is 4.56. The number of aromatic nitrogens is 2. The monoisotopic (exact) mass is 296 g/mol. The van der Waals surface area contributed by atoms with Crippen LogP contribution in [0.1, 0.15) is 62.8 Å². The van der Waals surface area contributed by atoms with Gasteiger partial charge < -0.3 is 4.57 Å². The third-order valence-corrected chi connectivity index (χ3v) is 4.01. The Labute approximate surface area is 125 Å². The van der Waals surface area contributed by atoms with E-state index < -0.39 is 0 Å². The van der Waals surface area contributed by atoms with E-state index in [2.05, 4.69) is 23.4 Å². The number of alkyl halides is 1. The lowest BCUT2D eigenvalue weighted by molar-refractivity contribution is 0.443. The highest BCUT2D eigenvalue weighted by Gasteiger charge is 2.21. The molecule has 0 radical (unpaired) electrons. The van der Waals surface area contributed by atoms with Gasteiger partial charge >= 0.3 is 0 Å². The van der Waals surface area contributed by atoms with E-state index in [1.165, 1.54) is 6.07 Å². The van der Waals surface area contributed by atoms with Crippen LogP contribution in [0.2, 0.25) is 0 Å². The molecule has 0 saturated carbocycles. The molecule has 1 aromatic heterocycles. The fourth-order valence-corrected chi connectivity index (χ4v) is 2.91. The summed E-state index contributed by atoms with van der Waals surface area (Å²) >= 11 is 6.28. The molecule has 2 aromatic rings. The van der Waals surface area contributed by atoms with Gasteiger partial charge in [0.25, 0.3) is 0 Å². The van der Waals surface area contributed by atoms with Gasteiger partial charge in [0.2, 0.25) is 0 Å². The van der Waals surface area contributed by atoms with Crippen LogP contribution in [0.5, 0.6) is 0 Å². The Kier molecular flexibility index (Phi) is 4.69. The van der Waals surface area contributed by atoms with E-state index in [0.29, 0.717) is 17.1 Å². The molecule has 0 aliphatic heterocycles. The fraction of sp³-hybridized carbons (Fsp3) is 0.562. The van der Waals surface area contributed by atoms with Crippen LogP contribution in [-0.4, -0.2) is 9.55 Å². The van der Waals surface area contributed by atoms with Crippen molar-refractivity contribution in [3.63, 3.8) is 0 Å². The molecule has 2 rings (SSSR count). The van der Waals surface area contributed by atoms with Crippen LogP contribution in [0, 0.1) is 12.7 Å². The van der Waals surface area contributed by atoms with Crippen molar-refractivity contribution in [3.8, 4) is 0 Å². The van der Waals surface area contributed by atoms with Crippen molar-refractivity contribution < 1.29 is 4.39 Å². The minimum absolute atomic E-state index is 0.184. The number of imidazole rings is 1. The molecule has 2 atom stereocenters. The molecule has 1 aromatic carbocycles. The first-order valence-electron chi connectivity index (χ1n) is 7.31. The van der Waals surface area contributed by atoms with Crippen molar-refractivity contribution in [3.05, 3.63) is 29.3 Å². The first-order chi connectivity index (χ1) is 9.49. The molecule has 0 amide bonds. The predicted molar refractivity (Wildman–Crippen MR) is 82.9 cm³/mol. The highest BCUT2D eigenvalue weighted by Crippen LogP contribution is 2.32. The van der Waals surface area contributed by atoms with Gasteiger partial charge in [-0.25, -0.2) is 9.37 Å². The predicted octanol–water partition coefficient (Wildman–Crippen LogP) is 5.53. The summed E-state index contributed by atoms with van der Waals surface area (Å²) in [6, 6.07) is 3.77. The first-order valence-corrected chi connectivity index (χ1v) is 7.75. The molecule has 0 saturated heterocycles. The summed E-state index contributed by atoms with van der Waals surface area (Å²) in [7, 11) is 0. The van der Waals surface area contributed by atoms with Crippen molar-refractivity contribution >= 4 is 22.6 Å². The lowest BCUT2D eigenvalue weighted by atomic mass is 10.1. The van der Waals surface area contributed by atoms with E-state index in [0.717, 1.165) is 30.6 Å². The largest absolute Gasteiger partial charge is 0.324 e. The third-order valence-electron chi connectivity index (χ3n) is 3.81. The Morgan fingerprint density at radius 1 is 1.35 bits per heavy atom. The van der Waals surface area contributed by atoms with E-state index in [1.807, 2.05) is 13.0 Å². The van der Waals surface area contributed by atoms with Crippen molar-refractivity contribution in [1.82, 2.24) is 9.55 Å². The molecule has 0 N–H and O–H groups in total. The van der Waals surface area contributed by atoms with Crippen LogP contribution in [0.3, 0.4) is 0 Å². The number of fused-ring (bicyclic) bond motifs is 1. The zero-order valence-electron chi connectivity index (χ0n) is 12.6. The molecule has 0 bridgehead atoms. The number of aryl methyl sites for hydroxylation is 1. The van der Waals surface area contributed by atoms with Crippen LogP contribution >= 0.6 is 11.6 Å². The number of benzene rings is 1. The van der Waals surface area contributed by atoms with Crippen LogP contribution < -0.4 is 0 Å². The minimum atomic E-state index is -0.209. The average molecular weight is 297 g/mol. The number of hydrogen-bond acceptors (Lipinski definition) is 1. The molecular formula is C16H22ClFN2. The van der Waals surface area contributed by atoms with Crippen LogP contribution in [0.25, 0.3) is 11.0 Å². The molecule has 2 unspecified atom stereocenters. The van der Waals surface area contributed by atoms with E-state index in [1.54, 1.807) is 6.92 Å². The van der Waals surface area contributed by atoms with Crippen LogP contribution in [0.4, 0.5) is 4.39 Å². The van der Waals surface area contributed by atoms with Crippen molar-refractivity contribution in [2.24, 2.45) is 0 Å². The second-order valence-electron chi connectivity index (χ2n) is 5.40. The second-order valence-corrected chi connectivity index (χ2v) is 6.05. The van der Waals surface area contributed by atoms with Gasteiger partial charge in [-0.05, 0) is 38.3 Å². The molecule has 0 aliphatic rings. The Hall–Kier alpha value is -1.09. The van der Waals surface area contributed by atoms with Crippen molar-refractivity contribution in [2.45, 2.75) is 58.4 Å². The van der Waals surface area contributed by atoms with Gasteiger partial charge in [0, 0.05) is 12.1 Å². The molecule has 0 aliphatic carbocycles. The average Bonchev–Trinajstić information content (AvgIpc) is 2.75. The van der Waals surface area contributed by atoms with E-state index >= 15 is 0 Å². The molecule has 110 valence electrons. The SMILES string of the molecule is CCCC(CC)n1c(C(C)Cl)nc2cc(F)c(C)cc21. The lowest BCUT2D eigenvalue weighted by Crippen LogP contribution is -2.12. The fourth-order valence-electron chi connectivity index (χ4n) is 2.75. The van der Waals surface area contributed by atoms with Crippen LogP contribution in [-0.2, 0) is 0 Å². The highest BCUT2D eigenvalue weighted by atomic mass is 35.5. The number of nitrogens with zero attached hydrogens (tertiary/aromatic N) is 2. The van der Waals surface area contributed by atoms with Gasteiger partial charge in [0.15, 0.2) is 0 Å². The molecule has 0 fully saturated rings. The highest BCUT2D eigenvalue weighted by molar-refractivity contribution is 6.20. The summed E-state index contributed by atoms with van der Waals surface area (Å²) < 4.78 is 16.0. The van der Waals surface area contributed by atoms with Gasteiger partial charge in [-0.1, -0.05) is 20.3 Å². The summed E-state index contributed by atoms with van der Waals surface area (Å²) in [6.45, 7) is 8.06. The van der Waals surface area contributed by atoms with Gasteiger partial charge in [-0.3, -0.25) is 0 Å². The maximum absolute atomic E-state index is 13.7. The molecular weight excluding hydrogens is 275 g/mol. The third kappa shape index (κ3) is 2.69. The zero-order chi connectivity index (χ0) is 14.9. The summed E-state index contributed by atoms with van der Waals surface area (Å²) in [6.07, 6.45) is 3.20. The van der Waals surface area contributed by atoms with E-state index in [-0.39, 0.29) is 11.2 Å². The summed E-state index contributed by atoms with van der Waals surface area (Å²) in [5.41, 5.74) is 2.34. The lowest BCUT2D eigenvalue weighted by Gasteiger charge is -2.21. The maximum Gasteiger partial charge on any atom is 0.128 e. The van der Waals surface area contributed by atoms with E-state index in [4.69, 9.17) is 11.6 Å².